The Labute approximate surface area is 171 Å². The standard InChI is InChI=1S/C20H38F3NO3S/c1-6-8-9-10-11-12-13-14-16(18(25)27-15-7-2)17(20(21,22)23)24-28(26)19(3,4)5/h16-17,24H,6-15H2,1-5H3/t16-,17-,28-/m0/s1. The van der Waals surface area contributed by atoms with E-state index in [1.54, 1.807) is 27.7 Å². The Morgan fingerprint density at radius 1 is 0.964 bits per heavy atom. The van der Waals surface area contributed by atoms with Crippen LogP contribution in [0.25, 0.3) is 0 Å². The van der Waals surface area contributed by atoms with Gasteiger partial charge < -0.3 is 4.74 Å². The Morgan fingerprint density at radius 3 is 1.96 bits per heavy atom. The van der Waals surface area contributed by atoms with Gasteiger partial charge >= 0.3 is 12.1 Å². The summed E-state index contributed by atoms with van der Waals surface area (Å²) in [5.41, 5.74) is 0. The molecular weight excluding hydrogens is 391 g/mol. The van der Waals surface area contributed by atoms with Crippen LogP contribution in [0.5, 0.6) is 0 Å². The normalized spacial score (nSPS) is 15.9. The van der Waals surface area contributed by atoms with Crippen molar-refractivity contribution in [3.63, 3.8) is 0 Å². The summed E-state index contributed by atoms with van der Waals surface area (Å²) in [6.45, 7) is 8.75. The second-order valence-corrected chi connectivity index (χ2v) is 10.2. The number of rotatable bonds is 14. The monoisotopic (exact) mass is 429 g/mol. The summed E-state index contributed by atoms with van der Waals surface area (Å²) in [6.07, 6.45) is 2.58. The number of unbranched alkanes of at least 4 members (excludes halogenated alkanes) is 6. The Bertz CT molecular complexity index is 465. The summed E-state index contributed by atoms with van der Waals surface area (Å²) >= 11 is 0. The van der Waals surface area contributed by atoms with Gasteiger partial charge in [0.2, 0.25) is 0 Å². The fraction of sp³-hybridized carbons (Fsp3) is 0.950. The van der Waals surface area contributed by atoms with Gasteiger partial charge in [-0.2, -0.15) is 13.2 Å². The lowest BCUT2D eigenvalue weighted by atomic mass is 9.93. The number of esters is 1. The second kappa shape index (κ2) is 13.6. The number of hydrogen-bond acceptors (Lipinski definition) is 3. The Morgan fingerprint density at radius 2 is 1.50 bits per heavy atom. The number of hydrogen-bond donors (Lipinski definition) is 1. The number of nitrogens with one attached hydrogen (secondary N) is 1. The highest BCUT2D eigenvalue weighted by molar-refractivity contribution is 7.84. The van der Waals surface area contributed by atoms with E-state index in [1.807, 2.05) is 0 Å². The van der Waals surface area contributed by atoms with Crippen molar-refractivity contribution in [1.29, 1.82) is 0 Å². The van der Waals surface area contributed by atoms with Gasteiger partial charge in [-0.25, -0.2) is 8.93 Å². The van der Waals surface area contributed by atoms with Gasteiger partial charge in [-0.05, 0) is 33.6 Å². The van der Waals surface area contributed by atoms with Crippen LogP contribution in [0.15, 0.2) is 0 Å². The van der Waals surface area contributed by atoms with Crippen LogP contribution < -0.4 is 4.72 Å². The highest BCUT2D eigenvalue weighted by Gasteiger charge is 2.49. The zero-order chi connectivity index (χ0) is 21.8. The molecule has 0 unspecified atom stereocenters. The fourth-order valence-electron chi connectivity index (χ4n) is 2.72. The summed E-state index contributed by atoms with van der Waals surface area (Å²) < 4.78 is 59.7. The fourth-order valence-corrected chi connectivity index (χ4v) is 3.60. The maximum Gasteiger partial charge on any atom is 0.405 e. The highest BCUT2D eigenvalue weighted by Crippen LogP contribution is 2.31. The van der Waals surface area contributed by atoms with E-state index < -0.39 is 39.8 Å². The third-order valence-corrected chi connectivity index (χ3v) is 6.00. The second-order valence-electron chi connectivity index (χ2n) is 8.20. The SMILES string of the molecule is CCCCCCCCC[C@H](C(=O)OCCC)[C@H](N[S@@](=O)C(C)(C)C)C(F)(F)F. The molecule has 0 spiro atoms. The molecule has 0 amide bonds. The van der Waals surface area contributed by atoms with Crippen molar-refractivity contribution in [2.45, 2.75) is 109 Å². The molecule has 1 N–H and O–H groups in total. The van der Waals surface area contributed by atoms with Crippen LogP contribution in [0.4, 0.5) is 13.2 Å². The van der Waals surface area contributed by atoms with E-state index in [1.165, 1.54) is 0 Å². The van der Waals surface area contributed by atoms with Gasteiger partial charge in [0.05, 0.1) is 28.3 Å². The van der Waals surface area contributed by atoms with E-state index in [4.69, 9.17) is 4.74 Å². The molecule has 0 fully saturated rings. The quantitative estimate of drug-likeness (QED) is 0.285. The van der Waals surface area contributed by atoms with Crippen molar-refractivity contribution >= 4 is 17.0 Å². The van der Waals surface area contributed by atoms with E-state index in [0.29, 0.717) is 12.8 Å². The van der Waals surface area contributed by atoms with Crippen LogP contribution in [0, 0.1) is 5.92 Å². The molecule has 0 aliphatic heterocycles. The minimum atomic E-state index is -4.70. The molecule has 8 heteroatoms. The van der Waals surface area contributed by atoms with E-state index in [2.05, 4.69) is 11.6 Å². The summed E-state index contributed by atoms with van der Waals surface area (Å²) in [5, 5.41) is 0. The van der Waals surface area contributed by atoms with Crippen LogP contribution in [-0.2, 0) is 20.5 Å². The zero-order valence-corrected chi connectivity index (χ0v) is 18.8. The lowest BCUT2D eigenvalue weighted by Gasteiger charge is -2.30. The lowest BCUT2D eigenvalue weighted by molar-refractivity contribution is -0.179. The number of halogens is 3. The molecule has 4 nitrogen and oxygen atoms in total. The molecule has 0 aromatic rings. The third kappa shape index (κ3) is 11.4. The Kier molecular flexibility index (Phi) is 13.3. The minimum Gasteiger partial charge on any atom is -0.465 e. The van der Waals surface area contributed by atoms with Crippen molar-refractivity contribution in [3.8, 4) is 0 Å². The first-order valence-electron chi connectivity index (χ1n) is 10.4. The molecular formula is C20H38F3NO3S. The molecule has 168 valence electrons. The van der Waals surface area contributed by atoms with Gasteiger partial charge in [-0.3, -0.25) is 4.79 Å². The lowest BCUT2D eigenvalue weighted by Crippen LogP contribution is -2.53. The molecule has 0 heterocycles. The number of ether oxygens (including phenoxy) is 1. The molecule has 0 aromatic carbocycles. The largest absolute Gasteiger partial charge is 0.465 e. The average Bonchev–Trinajstić information content (AvgIpc) is 2.58. The molecule has 0 bridgehead atoms. The topological polar surface area (TPSA) is 55.4 Å². The molecule has 0 aromatic heterocycles. The highest BCUT2D eigenvalue weighted by atomic mass is 32.2. The van der Waals surface area contributed by atoms with E-state index in [0.717, 1.165) is 38.5 Å². The summed E-state index contributed by atoms with van der Waals surface area (Å²) in [4.78, 5) is 12.4. The van der Waals surface area contributed by atoms with Crippen LogP contribution in [0.1, 0.15) is 92.4 Å². The van der Waals surface area contributed by atoms with Crippen LogP contribution in [0.3, 0.4) is 0 Å². The predicted octanol–water partition coefficient (Wildman–Crippen LogP) is 5.68. The van der Waals surface area contributed by atoms with Gasteiger partial charge in [0.1, 0.15) is 6.04 Å². The number of carbonyl (C=O) groups excluding carboxylic acids is 1. The molecule has 0 aliphatic rings. The molecule has 0 saturated heterocycles. The van der Waals surface area contributed by atoms with Gasteiger partial charge in [0.15, 0.2) is 0 Å². The summed E-state index contributed by atoms with van der Waals surface area (Å²) in [7, 11) is -1.95. The van der Waals surface area contributed by atoms with Gasteiger partial charge in [-0.15, -0.1) is 0 Å². The average molecular weight is 430 g/mol. The van der Waals surface area contributed by atoms with Crippen LogP contribution in [-0.4, -0.2) is 33.8 Å². The predicted molar refractivity (Wildman–Crippen MR) is 108 cm³/mol. The van der Waals surface area contributed by atoms with Crippen molar-refractivity contribution in [2.75, 3.05) is 6.61 Å². The third-order valence-electron chi connectivity index (χ3n) is 4.42. The molecule has 28 heavy (non-hydrogen) atoms. The maximum atomic E-state index is 13.7. The Hall–Kier alpha value is -0.630. The van der Waals surface area contributed by atoms with Crippen molar-refractivity contribution < 1.29 is 26.9 Å². The first-order chi connectivity index (χ1) is 12.9. The summed E-state index contributed by atoms with van der Waals surface area (Å²) in [5.74, 6) is -2.26. The molecule has 0 radical (unpaired) electrons. The van der Waals surface area contributed by atoms with E-state index >= 15 is 0 Å². The molecule has 0 saturated carbocycles. The van der Waals surface area contributed by atoms with Gasteiger partial charge in [0.25, 0.3) is 0 Å². The molecule has 0 aliphatic carbocycles. The number of alkyl halides is 3. The first kappa shape index (κ1) is 27.4. The van der Waals surface area contributed by atoms with Crippen molar-refractivity contribution in [1.82, 2.24) is 4.72 Å². The first-order valence-corrected chi connectivity index (χ1v) is 11.5. The smallest absolute Gasteiger partial charge is 0.405 e. The molecule has 0 rings (SSSR count). The number of carbonyl (C=O) groups is 1. The van der Waals surface area contributed by atoms with Gasteiger partial charge in [0, 0.05) is 0 Å². The van der Waals surface area contributed by atoms with E-state index in [9.17, 15) is 22.2 Å². The maximum absolute atomic E-state index is 13.7. The van der Waals surface area contributed by atoms with Crippen LogP contribution >= 0.6 is 0 Å². The zero-order valence-electron chi connectivity index (χ0n) is 18.0. The minimum absolute atomic E-state index is 0.0643. The van der Waals surface area contributed by atoms with E-state index in [-0.39, 0.29) is 13.0 Å². The van der Waals surface area contributed by atoms with Crippen molar-refractivity contribution in [3.05, 3.63) is 0 Å². The Balaban J connectivity index is 5.12. The van der Waals surface area contributed by atoms with Gasteiger partial charge in [-0.1, -0.05) is 58.8 Å². The van der Waals surface area contributed by atoms with Crippen molar-refractivity contribution in [2.24, 2.45) is 5.92 Å². The van der Waals surface area contributed by atoms with Crippen LogP contribution in [0.2, 0.25) is 0 Å². The molecule has 3 atom stereocenters. The summed E-state index contributed by atoms with van der Waals surface area (Å²) in [6, 6.07) is -2.18.